The zero-order chi connectivity index (χ0) is 32.9. The van der Waals surface area contributed by atoms with Crippen LogP contribution in [-0.4, -0.2) is 60.9 Å². The molecule has 0 bridgehead atoms. The zero-order valence-corrected chi connectivity index (χ0v) is 28.0. The van der Waals surface area contributed by atoms with Crippen LogP contribution in [0.5, 0.6) is 0 Å². The summed E-state index contributed by atoms with van der Waals surface area (Å²) >= 11 is 3.63. The predicted molar refractivity (Wildman–Crippen MR) is 177 cm³/mol. The lowest BCUT2D eigenvalue weighted by Gasteiger charge is -2.33. The molecule has 6 rings (SSSR count). The largest absolute Gasteiger partial charge is 0.368 e. The molecular weight excluding hydrogens is 686 g/mol. The number of carbonyl (C=O) groups excluding carboxylic acids is 1. The van der Waals surface area contributed by atoms with Gasteiger partial charge in [0.05, 0.1) is 31.0 Å². The van der Waals surface area contributed by atoms with Gasteiger partial charge < -0.3 is 20.9 Å². The minimum atomic E-state index is -4.03. The second-order valence-corrected chi connectivity index (χ2v) is 14.6. The molecule has 2 aromatic carbocycles. The smallest absolute Gasteiger partial charge is 0.294 e. The standard InChI is InChI=1S/C16H20BrN5O.2C7H8O3S/c17-11-6-19-15-13(14(11)22-5-1-2-10(18)8-22)12(7-20-15)21-16(23)9-3-4-9;2*1-6-4-2-3-5-7(6)11(8,9)10/h6-7,9-10H,1-5,8,18H2,(H,19,20)(H,21,23);2*2-5H,1H3,(H,8,9,10)/t10-;;/m1../s1. The number of anilines is 2. The van der Waals surface area contributed by atoms with Crippen molar-refractivity contribution in [3.05, 3.63) is 76.5 Å². The number of hydrogen-bond acceptors (Lipinski definition) is 8. The molecule has 0 spiro atoms. The minimum absolute atomic E-state index is 0.0278. The molecule has 1 amide bonds. The van der Waals surface area contributed by atoms with Gasteiger partial charge in [0.1, 0.15) is 5.65 Å². The van der Waals surface area contributed by atoms with Gasteiger partial charge in [0.15, 0.2) is 0 Å². The Morgan fingerprint density at radius 1 is 0.978 bits per heavy atom. The van der Waals surface area contributed by atoms with Crippen LogP contribution in [0.15, 0.2) is 75.2 Å². The first-order valence-corrected chi connectivity index (χ1v) is 17.9. The van der Waals surface area contributed by atoms with Crippen molar-refractivity contribution in [3.63, 3.8) is 0 Å². The van der Waals surface area contributed by atoms with Crippen LogP contribution in [0.25, 0.3) is 11.0 Å². The summed E-state index contributed by atoms with van der Waals surface area (Å²) in [4.78, 5) is 22.0. The van der Waals surface area contributed by atoms with Crippen molar-refractivity contribution in [2.45, 2.75) is 55.4 Å². The third-order valence-corrected chi connectivity index (χ3v) is 9.96. The van der Waals surface area contributed by atoms with Crippen LogP contribution >= 0.6 is 15.9 Å². The second-order valence-electron chi connectivity index (χ2n) is 11.0. The average Bonchev–Trinajstić information content (AvgIpc) is 3.75. The summed E-state index contributed by atoms with van der Waals surface area (Å²) in [6, 6.07) is 12.7. The van der Waals surface area contributed by atoms with E-state index < -0.39 is 20.2 Å². The van der Waals surface area contributed by atoms with Crippen LogP contribution in [-0.2, 0) is 25.0 Å². The highest BCUT2D eigenvalue weighted by molar-refractivity contribution is 9.10. The molecule has 2 aliphatic rings. The number of halogens is 1. The molecule has 1 saturated carbocycles. The lowest BCUT2D eigenvalue weighted by molar-refractivity contribution is -0.117. The van der Waals surface area contributed by atoms with Gasteiger partial charge in [-0.1, -0.05) is 36.4 Å². The maximum atomic E-state index is 12.2. The summed E-state index contributed by atoms with van der Waals surface area (Å²) in [6.07, 6.45) is 7.75. The van der Waals surface area contributed by atoms with E-state index in [4.69, 9.17) is 14.8 Å². The van der Waals surface area contributed by atoms with E-state index in [-0.39, 0.29) is 27.7 Å². The van der Waals surface area contributed by atoms with E-state index in [9.17, 15) is 21.6 Å². The molecule has 0 unspecified atom stereocenters. The van der Waals surface area contributed by atoms with E-state index in [0.29, 0.717) is 11.1 Å². The number of piperidine rings is 1. The van der Waals surface area contributed by atoms with Crippen molar-refractivity contribution >= 4 is 64.5 Å². The third kappa shape index (κ3) is 9.11. The van der Waals surface area contributed by atoms with Crippen molar-refractivity contribution < 1.29 is 30.7 Å². The summed E-state index contributed by atoms with van der Waals surface area (Å²) in [7, 11) is -8.07. The van der Waals surface area contributed by atoms with Crippen LogP contribution in [0, 0.1) is 19.8 Å². The van der Waals surface area contributed by atoms with Gasteiger partial charge in [0, 0.05) is 37.4 Å². The van der Waals surface area contributed by atoms with Crippen molar-refractivity contribution in [1.29, 1.82) is 0 Å². The van der Waals surface area contributed by atoms with Gasteiger partial charge in [-0.25, -0.2) is 4.98 Å². The molecule has 242 valence electrons. The van der Waals surface area contributed by atoms with E-state index in [1.165, 1.54) is 12.1 Å². The summed E-state index contributed by atoms with van der Waals surface area (Å²) in [5.41, 5.74) is 9.91. The number of rotatable bonds is 5. The molecular formula is C30H36BrN5O7S2. The number of carbonyl (C=O) groups is 1. The number of H-pyrrole nitrogens is 1. The Labute approximate surface area is 271 Å². The molecule has 6 N–H and O–H groups in total. The zero-order valence-electron chi connectivity index (χ0n) is 24.8. The van der Waals surface area contributed by atoms with Crippen molar-refractivity contribution in [2.24, 2.45) is 11.7 Å². The van der Waals surface area contributed by atoms with E-state index >= 15 is 0 Å². The van der Waals surface area contributed by atoms with Gasteiger partial charge >= 0.3 is 0 Å². The predicted octanol–water partition coefficient (Wildman–Crippen LogP) is 5.08. The van der Waals surface area contributed by atoms with Gasteiger partial charge in [0.25, 0.3) is 20.2 Å². The Bertz CT molecular complexity index is 1820. The number of fused-ring (bicyclic) bond motifs is 1. The second kappa shape index (κ2) is 14.4. The van der Waals surface area contributed by atoms with Crippen molar-refractivity contribution in [3.8, 4) is 0 Å². The number of aromatic amines is 1. The first-order chi connectivity index (χ1) is 21.2. The van der Waals surface area contributed by atoms with E-state index in [1.807, 2.05) is 6.20 Å². The number of pyridine rings is 1. The number of hydrogen-bond donors (Lipinski definition) is 5. The Balaban J connectivity index is 0.000000176. The molecule has 3 heterocycles. The number of nitrogens with two attached hydrogens (primary N) is 1. The van der Waals surface area contributed by atoms with Crippen LogP contribution in [0.2, 0.25) is 0 Å². The van der Waals surface area contributed by atoms with Gasteiger partial charge in [-0.2, -0.15) is 16.8 Å². The molecule has 2 fully saturated rings. The summed E-state index contributed by atoms with van der Waals surface area (Å²) < 4.78 is 60.7. The van der Waals surface area contributed by atoms with E-state index in [0.717, 1.165) is 65.7 Å². The first-order valence-electron chi connectivity index (χ1n) is 14.2. The Morgan fingerprint density at radius 3 is 2.00 bits per heavy atom. The Kier molecular flexibility index (Phi) is 11.0. The van der Waals surface area contributed by atoms with Crippen LogP contribution < -0.4 is 16.0 Å². The van der Waals surface area contributed by atoms with Gasteiger partial charge in [0.2, 0.25) is 5.91 Å². The summed E-state index contributed by atoms with van der Waals surface area (Å²) in [5, 5.41) is 4.02. The van der Waals surface area contributed by atoms with E-state index in [1.54, 1.807) is 56.4 Å². The highest BCUT2D eigenvalue weighted by Crippen LogP contribution is 2.39. The summed E-state index contributed by atoms with van der Waals surface area (Å²) in [5.74, 6) is 0.277. The molecule has 15 heteroatoms. The lowest BCUT2D eigenvalue weighted by Crippen LogP contribution is -2.43. The monoisotopic (exact) mass is 721 g/mol. The first kappa shape index (κ1) is 34.5. The van der Waals surface area contributed by atoms with Crippen LogP contribution in [0.4, 0.5) is 11.4 Å². The molecule has 1 aliphatic carbocycles. The number of nitrogens with zero attached hydrogens (tertiary/aromatic N) is 2. The Morgan fingerprint density at radius 2 is 1.53 bits per heavy atom. The van der Waals surface area contributed by atoms with Crippen LogP contribution in [0.3, 0.4) is 0 Å². The lowest BCUT2D eigenvalue weighted by atomic mass is 10.1. The SMILES string of the molecule is Cc1ccccc1S(=O)(=O)O.Cc1ccccc1S(=O)(=O)O.N[C@@H]1CCCN(c2c(Br)cnc3[nH]cc(NC(=O)C4CC4)c23)C1. The van der Waals surface area contributed by atoms with Gasteiger partial charge in [-0.15, -0.1) is 0 Å². The van der Waals surface area contributed by atoms with Crippen molar-refractivity contribution in [2.75, 3.05) is 23.3 Å². The normalized spacial score (nSPS) is 16.7. The minimum Gasteiger partial charge on any atom is -0.368 e. The number of benzene rings is 2. The molecule has 12 nitrogen and oxygen atoms in total. The highest BCUT2D eigenvalue weighted by Gasteiger charge is 2.31. The number of aryl methyl sites for hydroxylation is 2. The average molecular weight is 723 g/mol. The number of amides is 1. The fraction of sp³-hybridized carbons (Fsp3) is 0.333. The van der Waals surface area contributed by atoms with Gasteiger partial charge in [-0.3, -0.25) is 13.9 Å². The highest BCUT2D eigenvalue weighted by atomic mass is 79.9. The fourth-order valence-corrected chi connectivity index (χ4v) is 6.95. The molecule has 1 aliphatic heterocycles. The molecule has 1 saturated heterocycles. The number of nitrogens with one attached hydrogen (secondary N) is 2. The Hall–Kier alpha value is -3.34. The van der Waals surface area contributed by atoms with Crippen molar-refractivity contribution in [1.82, 2.24) is 9.97 Å². The maximum Gasteiger partial charge on any atom is 0.294 e. The topological polar surface area (TPSA) is 196 Å². The maximum absolute atomic E-state index is 12.2. The van der Waals surface area contributed by atoms with Gasteiger partial charge in [-0.05, 0) is 78.7 Å². The summed E-state index contributed by atoms with van der Waals surface area (Å²) in [6.45, 7) is 5.04. The fourth-order valence-electron chi connectivity index (χ4n) is 4.95. The van der Waals surface area contributed by atoms with E-state index in [2.05, 4.69) is 36.1 Å². The quantitative estimate of drug-likeness (QED) is 0.173. The molecule has 45 heavy (non-hydrogen) atoms. The third-order valence-electron chi connectivity index (χ3n) is 7.35. The molecule has 1 atom stereocenters. The molecule has 0 radical (unpaired) electrons. The molecule has 4 aromatic rings. The van der Waals surface area contributed by atoms with Crippen LogP contribution in [0.1, 0.15) is 36.8 Å². The molecule has 2 aromatic heterocycles. The number of aromatic nitrogens is 2.